The zero-order valence-corrected chi connectivity index (χ0v) is 20.4. The SMILES string of the molecule is Cc1nc(N)nc(-c2cc(CN3CCN(S(C)(=O)=O)CC3)cnc2N2COc3cc(N)ccc32)n1. The number of aryl methyl sites for hydroxylation is 1. The van der Waals surface area contributed by atoms with Crippen LogP contribution >= 0.6 is 0 Å². The van der Waals surface area contributed by atoms with Crippen molar-refractivity contribution < 1.29 is 13.2 Å². The fraction of sp³-hybridized carbons (Fsp3) is 0.364. The lowest BCUT2D eigenvalue weighted by molar-refractivity contribution is 0.182. The second-order valence-corrected chi connectivity index (χ2v) is 10.6. The molecule has 1 fully saturated rings. The molecule has 12 nitrogen and oxygen atoms in total. The van der Waals surface area contributed by atoms with Gasteiger partial charge < -0.3 is 16.2 Å². The van der Waals surface area contributed by atoms with Crippen LogP contribution in [0.25, 0.3) is 11.4 Å². The number of hydrogen-bond acceptors (Lipinski definition) is 11. The van der Waals surface area contributed by atoms with Gasteiger partial charge in [0.2, 0.25) is 16.0 Å². The summed E-state index contributed by atoms with van der Waals surface area (Å²) in [6, 6.07) is 7.49. The van der Waals surface area contributed by atoms with E-state index in [1.165, 1.54) is 10.6 Å². The van der Waals surface area contributed by atoms with Gasteiger partial charge in [0.15, 0.2) is 12.6 Å². The molecule has 0 spiro atoms. The average Bonchev–Trinajstić information content (AvgIpc) is 3.21. The highest BCUT2D eigenvalue weighted by Crippen LogP contribution is 2.42. The summed E-state index contributed by atoms with van der Waals surface area (Å²) in [6.07, 6.45) is 3.06. The predicted octanol–water partition coefficient (Wildman–Crippen LogP) is 0.972. The van der Waals surface area contributed by atoms with Crippen LogP contribution in [-0.2, 0) is 16.6 Å². The molecular formula is C22H27N9O3S. The van der Waals surface area contributed by atoms with Gasteiger partial charge in [0.25, 0.3) is 0 Å². The van der Waals surface area contributed by atoms with E-state index in [1.54, 1.807) is 13.0 Å². The van der Waals surface area contributed by atoms with E-state index in [0.717, 1.165) is 11.3 Å². The van der Waals surface area contributed by atoms with Gasteiger partial charge in [-0.05, 0) is 30.7 Å². The summed E-state index contributed by atoms with van der Waals surface area (Å²) in [7, 11) is -3.18. The number of nitrogen functional groups attached to an aromatic ring is 2. The molecule has 4 heterocycles. The summed E-state index contributed by atoms with van der Waals surface area (Å²) in [4.78, 5) is 21.9. The zero-order valence-electron chi connectivity index (χ0n) is 19.5. The Hall–Kier alpha value is -3.55. The topological polar surface area (TPSA) is 157 Å². The minimum absolute atomic E-state index is 0.131. The van der Waals surface area contributed by atoms with Gasteiger partial charge in [0, 0.05) is 50.7 Å². The van der Waals surface area contributed by atoms with Crippen molar-refractivity contribution in [3.05, 3.63) is 41.9 Å². The third kappa shape index (κ3) is 4.83. The van der Waals surface area contributed by atoms with E-state index >= 15 is 0 Å². The van der Waals surface area contributed by atoms with E-state index in [9.17, 15) is 8.42 Å². The number of fused-ring (bicyclic) bond motifs is 1. The van der Waals surface area contributed by atoms with Crippen LogP contribution in [0.1, 0.15) is 11.4 Å². The number of anilines is 4. The van der Waals surface area contributed by atoms with Gasteiger partial charge >= 0.3 is 0 Å². The Kier molecular flexibility index (Phi) is 5.91. The number of nitrogens with zero attached hydrogens (tertiary/aromatic N) is 7. The lowest BCUT2D eigenvalue weighted by atomic mass is 10.1. The molecular weight excluding hydrogens is 470 g/mol. The maximum absolute atomic E-state index is 11.8. The highest BCUT2D eigenvalue weighted by Gasteiger charge is 2.28. The summed E-state index contributed by atoms with van der Waals surface area (Å²) < 4.78 is 31.0. The van der Waals surface area contributed by atoms with E-state index in [4.69, 9.17) is 21.2 Å². The highest BCUT2D eigenvalue weighted by molar-refractivity contribution is 7.88. The van der Waals surface area contributed by atoms with E-state index in [2.05, 4.69) is 19.9 Å². The number of hydrogen-bond donors (Lipinski definition) is 2. The molecule has 0 amide bonds. The fourth-order valence-corrected chi connectivity index (χ4v) is 5.14. The van der Waals surface area contributed by atoms with E-state index in [0.29, 0.717) is 67.2 Å². The maximum Gasteiger partial charge on any atom is 0.223 e. The van der Waals surface area contributed by atoms with Gasteiger partial charge in [-0.25, -0.2) is 18.4 Å². The van der Waals surface area contributed by atoms with E-state index in [1.807, 2.05) is 29.3 Å². The van der Waals surface area contributed by atoms with Crippen molar-refractivity contribution >= 4 is 33.2 Å². The van der Waals surface area contributed by atoms with Gasteiger partial charge in [0.1, 0.15) is 17.4 Å². The van der Waals surface area contributed by atoms with Crippen molar-refractivity contribution in [1.29, 1.82) is 0 Å². The molecule has 13 heteroatoms. The van der Waals surface area contributed by atoms with Crippen LogP contribution in [0, 0.1) is 6.92 Å². The Morgan fingerprint density at radius 2 is 1.83 bits per heavy atom. The molecule has 184 valence electrons. The van der Waals surface area contributed by atoms with Gasteiger partial charge in [-0.3, -0.25) is 9.80 Å². The molecule has 2 aliphatic heterocycles. The number of rotatable bonds is 5. The first kappa shape index (κ1) is 23.2. The van der Waals surface area contributed by atoms with Gasteiger partial charge in [-0.15, -0.1) is 0 Å². The molecule has 0 aliphatic carbocycles. The number of benzene rings is 1. The van der Waals surface area contributed by atoms with Gasteiger partial charge in [-0.1, -0.05) is 0 Å². The van der Waals surface area contributed by atoms with Crippen LogP contribution in [0.15, 0.2) is 30.5 Å². The number of pyridine rings is 1. The number of ether oxygens (including phenoxy) is 1. The number of aromatic nitrogens is 4. The van der Waals surface area contributed by atoms with Crippen molar-refractivity contribution in [2.24, 2.45) is 0 Å². The smallest absolute Gasteiger partial charge is 0.223 e. The molecule has 0 saturated carbocycles. The Morgan fingerprint density at radius 1 is 1.06 bits per heavy atom. The molecule has 5 rings (SSSR count). The molecule has 0 atom stereocenters. The molecule has 2 aromatic heterocycles. The van der Waals surface area contributed by atoms with Crippen LogP contribution < -0.4 is 21.1 Å². The van der Waals surface area contributed by atoms with Crippen molar-refractivity contribution in [2.75, 3.05) is 55.5 Å². The van der Waals surface area contributed by atoms with Crippen LogP contribution in [-0.4, -0.2) is 76.7 Å². The number of nitrogens with two attached hydrogens (primary N) is 2. The second-order valence-electron chi connectivity index (χ2n) is 8.65. The Bertz CT molecular complexity index is 1350. The number of piperazine rings is 1. The first-order valence-electron chi connectivity index (χ1n) is 11.1. The van der Waals surface area contributed by atoms with Crippen LogP contribution in [0.3, 0.4) is 0 Å². The van der Waals surface area contributed by atoms with E-state index < -0.39 is 10.0 Å². The predicted molar refractivity (Wildman–Crippen MR) is 132 cm³/mol. The highest BCUT2D eigenvalue weighted by atomic mass is 32.2. The first-order chi connectivity index (χ1) is 16.7. The lowest BCUT2D eigenvalue weighted by Crippen LogP contribution is -2.47. The van der Waals surface area contributed by atoms with Gasteiger partial charge in [0.05, 0.1) is 17.5 Å². The molecule has 0 bridgehead atoms. The molecule has 1 aromatic carbocycles. The second kappa shape index (κ2) is 8.91. The van der Waals surface area contributed by atoms with Crippen molar-refractivity contribution in [1.82, 2.24) is 29.1 Å². The Balaban J connectivity index is 1.48. The van der Waals surface area contributed by atoms with E-state index in [-0.39, 0.29) is 12.7 Å². The minimum atomic E-state index is -3.18. The Morgan fingerprint density at radius 3 is 2.54 bits per heavy atom. The van der Waals surface area contributed by atoms with Crippen molar-refractivity contribution in [3.63, 3.8) is 0 Å². The third-order valence-corrected chi connectivity index (χ3v) is 7.32. The lowest BCUT2D eigenvalue weighted by Gasteiger charge is -2.33. The van der Waals surface area contributed by atoms with Crippen LogP contribution in [0.4, 0.5) is 23.1 Å². The largest absolute Gasteiger partial charge is 0.470 e. The van der Waals surface area contributed by atoms with Crippen LogP contribution in [0.2, 0.25) is 0 Å². The molecule has 3 aromatic rings. The Labute approximate surface area is 203 Å². The first-order valence-corrected chi connectivity index (χ1v) is 13.0. The summed E-state index contributed by atoms with van der Waals surface area (Å²) in [5, 5.41) is 0. The standard InChI is InChI=1S/C22H27N9O3S/c1-14-26-20(28-22(24)27-14)17-9-15(12-29-5-7-30(8-6-29)35(2,32)33)11-25-21(17)31-13-34-19-10-16(23)3-4-18(19)31/h3-4,9-11H,5-8,12-13,23H2,1-2H3,(H2,24,26,27,28). The quantitative estimate of drug-likeness (QED) is 0.484. The van der Waals surface area contributed by atoms with Crippen molar-refractivity contribution in [3.8, 4) is 17.1 Å². The van der Waals surface area contributed by atoms with Crippen molar-refractivity contribution in [2.45, 2.75) is 13.5 Å². The monoisotopic (exact) mass is 497 g/mol. The normalized spacial score (nSPS) is 16.8. The summed E-state index contributed by atoms with van der Waals surface area (Å²) in [6.45, 7) is 4.84. The fourth-order valence-electron chi connectivity index (χ4n) is 4.32. The van der Waals surface area contributed by atoms with Gasteiger partial charge in [-0.2, -0.15) is 14.3 Å². The van der Waals surface area contributed by atoms with Crippen LogP contribution in [0.5, 0.6) is 5.75 Å². The summed E-state index contributed by atoms with van der Waals surface area (Å²) in [5.74, 6) is 2.37. The molecule has 0 unspecified atom stereocenters. The molecule has 1 saturated heterocycles. The minimum Gasteiger partial charge on any atom is -0.470 e. The zero-order chi connectivity index (χ0) is 24.7. The summed E-state index contributed by atoms with van der Waals surface area (Å²) >= 11 is 0. The number of sulfonamides is 1. The summed E-state index contributed by atoms with van der Waals surface area (Å²) in [5.41, 5.74) is 15.0. The third-order valence-electron chi connectivity index (χ3n) is 6.01. The molecule has 4 N–H and O–H groups in total. The molecule has 2 aliphatic rings. The molecule has 35 heavy (non-hydrogen) atoms. The molecule has 0 radical (unpaired) electrons. The maximum atomic E-state index is 11.8. The average molecular weight is 498 g/mol.